The highest BCUT2D eigenvalue weighted by molar-refractivity contribution is 5.90. The number of ether oxygens (including phenoxy) is 1. The SMILES string of the molecule is CCC(OCCCCCc1cccc(O)c1O)c1ccc(C(=O)O)c(O)c1. The summed E-state index contributed by atoms with van der Waals surface area (Å²) in [6.07, 6.45) is 3.81. The number of benzene rings is 2. The van der Waals surface area contributed by atoms with Crippen molar-refractivity contribution < 1.29 is 30.0 Å². The van der Waals surface area contributed by atoms with Gasteiger partial charge in [-0.25, -0.2) is 4.79 Å². The third kappa shape index (κ3) is 5.62. The van der Waals surface area contributed by atoms with Gasteiger partial charge < -0.3 is 25.2 Å². The van der Waals surface area contributed by atoms with Crippen molar-refractivity contribution in [3.63, 3.8) is 0 Å². The normalized spacial score (nSPS) is 12.0. The Morgan fingerprint density at radius 1 is 1.04 bits per heavy atom. The molecule has 0 aliphatic heterocycles. The topological polar surface area (TPSA) is 107 Å². The van der Waals surface area contributed by atoms with Crippen molar-refractivity contribution in [2.75, 3.05) is 6.61 Å². The van der Waals surface area contributed by atoms with E-state index in [0.717, 1.165) is 30.4 Å². The highest BCUT2D eigenvalue weighted by Gasteiger charge is 2.15. The summed E-state index contributed by atoms with van der Waals surface area (Å²) in [6.45, 7) is 2.52. The minimum atomic E-state index is -1.16. The second-order valence-corrected chi connectivity index (χ2v) is 6.44. The molecule has 0 aromatic heterocycles. The standard InChI is InChI=1S/C21H26O6/c1-2-19(15-10-11-16(21(25)26)18(23)13-15)27-12-5-3-4-7-14-8-6-9-17(22)20(14)24/h6,8-11,13,19,22-24H,2-5,7,12H2,1H3,(H,25,26). The van der Waals surface area contributed by atoms with E-state index in [4.69, 9.17) is 9.84 Å². The second-order valence-electron chi connectivity index (χ2n) is 6.44. The van der Waals surface area contributed by atoms with E-state index in [1.54, 1.807) is 18.2 Å². The number of rotatable bonds is 10. The Hall–Kier alpha value is -2.73. The van der Waals surface area contributed by atoms with Gasteiger partial charge in [0.05, 0.1) is 6.10 Å². The van der Waals surface area contributed by atoms with Crippen LogP contribution in [-0.2, 0) is 11.2 Å². The van der Waals surface area contributed by atoms with E-state index in [1.807, 2.05) is 6.92 Å². The summed E-state index contributed by atoms with van der Waals surface area (Å²) >= 11 is 0. The number of unbranched alkanes of at least 4 members (excludes halogenated alkanes) is 2. The van der Waals surface area contributed by atoms with Gasteiger partial charge in [0.2, 0.25) is 0 Å². The summed E-state index contributed by atoms with van der Waals surface area (Å²) < 4.78 is 5.88. The van der Waals surface area contributed by atoms with Crippen molar-refractivity contribution in [3.8, 4) is 17.2 Å². The van der Waals surface area contributed by atoms with E-state index < -0.39 is 5.97 Å². The summed E-state index contributed by atoms with van der Waals surface area (Å²) in [7, 11) is 0. The van der Waals surface area contributed by atoms with Gasteiger partial charge >= 0.3 is 5.97 Å². The lowest BCUT2D eigenvalue weighted by Crippen LogP contribution is -2.06. The molecule has 0 saturated heterocycles. The molecule has 0 radical (unpaired) electrons. The molecule has 0 spiro atoms. The number of carboxylic acid groups (broad SMARTS) is 1. The fourth-order valence-corrected chi connectivity index (χ4v) is 2.98. The third-order valence-corrected chi connectivity index (χ3v) is 4.50. The number of aromatic carboxylic acids is 1. The van der Waals surface area contributed by atoms with Crippen molar-refractivity contribution in [1.82, 2.24) is 0 Å². The van der Waals surface area contributed by atoms with Crippen LogP contribution in [0.5, 0.6) is 17.2 Å². The molecule has 2 aromatic rings. The lowest BCUT2D eigenvalue weighted by atomic mass is 10.0. The Morgan fingerprint density at radius 2 is 1.81 bits per heavy atom. The fraction of sp³-hybridized carbons (Fsp3) is 0.381. The summed E-state index contributed by atoms with van der Waals surface area (Å²) in [5.74, 6) is -1.57. The van der Waals surface area contributed by atoms with E-state index in [-0.39, 0.29) is 28.9 Å². The molecule has 1 unspecified atom stereocenters. The van der Waals surface area contributed by atoms with Gasteiger partial charge in [-0.05, 0) is 55.0 Å². The first-order chi connectivity index (χ1) is 12.9. The summed E-state index contributed by atoms with van der Waals surface area (Å²) in [6, 6.07) is 9.47. The molecular formula is C21H26O6. The van der Waals surface area contributed by atoms with Crippen LogP contribution in [0.15, 0.2) is 36.4 Å². The molecule has 6 heteroatoms. The van der Waals surface area contributed by atoms with Crippen molar-refractivity contribution in [3.05, 3.63) is 53.1 Å². The predicted octanol–water partition coefficient (Wildman–Crippen LogP) is 4.38. The molecule has 0 fully saturated rings. The number of hydrogen-bond donors (Lipinski definition) is 4. The van der Waals surface area contributed by atoms with Crippen LogP contribution in [0.4, 0.5) is 0 Å². The quantitative estimate of drug-likeness (QED) is 0.363. The minimum Gasteiger partial charge on any atom is -0.507 e. The second kappa shape index (κ2) is 9.83. The van der Waals surface area contributed by atoms with Crippen LogP contribution in [0.3, 0.4) is 0 Å². The van der Waals surface area contributed by atoms with Crippen molar-refractivity contribution >= 4 is 5.97 Å². The third-order valence-electron chi connectivity index (χ3n) is 4.50. The average molecular weight is 374 g/mol. The van der Waals surface area contributed by atoms with Crippen LogP contribution < -0.4 is 0 Å². The molecule has 0 saturated carbocycles. The first kappa shape index (κ1) is 20.6. The van der Waals surface area contributed by atoms with Gasteiger partial charge in [-0.15, -0.1) is 0 Å². The molecule has 0 amide bonds. The number of carboxylic acids is 1. The molecule has 6 nitrogen and oxygen atoms in total. The molecular weight excluding hydrogens is 348 g/mol. The number of carbonyl (C=O) groups is 1. The maximum absolute atomic E-state index is 11.0. The average Bonchev–Trinajstić information content (AvgIpc) is 2.64. The van der Waals surface area contributed by atoms with E-state index in [1.165, 1.54) is 18.2 Å². The van der Waals surface area contributed by atoms with Crippen molar-refractivity contribution in [2.24, 2.45) is 0 Å². The zero-order chi connectivity index (χ0) is 19.8. The first-order valence-electron chi connectivity index (χ1n) is 9.11. The monoisotopic (exact) mass is 374 g/mol. The molecule has 0 heterocycles. The van der Waals surface area contributed by atoms with Crippen molar-refractivity contribution in [1.29, 1.82) is 0 Å². The number of para-hydroxylation sites is 1. The van der Waals surface area contributed by atoms with Gasteiger partial charge in [0, 0.05) is 6.61 Å². The van der Waals surface area contributed by atoms with E-state index >= 15 is 0 Å². The minimum absolute atomic E-state index is 0.0515. The summed E-state index contributed by atoms with van der Waals surface area (Å²) in [4.78, 5) is 11.0. The molecule has 27 heavy (non-hydrogen) atoms. The molecule has 0 aliphatic rings. The van der Waals surface area contributed by atoms with Gasteiger partial charge in [0.25, 0.3) is 0 Å². The highest BCUT2D eigenvalue weighted by Crippen LogP contribution is 2.30. The summed E-state index contributed by atoms with van der Waals surface area (Å²) in [5.41, 5.74) is 1.37. The molecule has 2 rings (SSSR count). The zero-order valence-corrected chi connectivity index (χ0v) is 15.4. The fourth-order valence-electron chi connectivity index (χ4n) is 2.98. The Morgan fingerprint density at radius 3 is 2.48 bits per heavy atom. The smallest absolute Gasteiger partial charge is 0.339 e. The Kier molecular flexibility index (Phi) is 7.49. The molecule has 0 bridgehead atoms. The predicted molar refractivity (Wildman–Crippen MR) is 101 cm³/mol. The van der Waals surface area contributed by atoms with Crippen LogP contribution in [-0.4, -0.2) is 33.0 Å². The maximum atomic E-state index is 11.0. The number of aromatic hydroxyl groups is 3. The molecule has 4 N–H and O–H groups in total. The first-order valence-corrected chi connectivity index (χ1v) is 9.11. The van der Waals surface area contributed by atoms with Crippen LogP contribution in [0.2, 0.25) is 0 Å². The van der Waals surface area contributed by atoms with Crippen LogP contribution in [0.1, 0.15) is 60.2 Å². The van der Waals surface area contributed by atoms with E-state index in [0.29, 0.717) is 19.4 Å². The number of aryl methyl sites for hydroxylation is 1. The molecule has 146 valence electrons. The Balaban J connectivity index is 1.77. The van der Waals surface area contributed by atoms with Crippen LogP contribution in [0, 0.1) is 0 Å². The lowest BCUT2D eigenvalue weighted by Gasteiger charge is -2.17. The van der Waals surface area contributed by atoms with Crippen molar-refractivity contribution in [2.45, 2.75) is 45.1 Å². The molecule has 2 aromatic carbocycles. The van der Waals surface area contributed by atoms with E-state index in [2.05, 4.69) is 0 Å². The Bertz CT molecular complexity index is 771. The molecule has 1 atom stereocenters. The van der Waals surface area contributed by atoms with Gasteiger partial charge in [-0.1, -0.05) is 31.5 Å². The highest BCUT2D eigenvalue weighted by atomic mass is 16.5. The number of phenolic OH excluding ortho intramolecular Hbond substituents is 2. The number of hydrogen-bond acceptors (Lipinski definition) is 5. The summed E-state index contributed by atoms with van der Waals surface area (Å²) in [5, 5.41) is 38.1. The van der Waals surface area contributed by atoms with Gasteiger partial charge in [0.1, 0.15) is 11.3 Å². The van der Waals surface area contributed by atoms with Crippen LogP contribution in [0.25, 0.3) is 0 Å². The maximum Gasteiger partial charge on any atom is 0.339 e. The van der Waals surface area contributed by atoms with E-state index in [9.17, 15) is 20.1 Å². The lowest BCUT2D eigenvalue weighted by molar-refractivity contribution is 0.0471. The van der Waals surface area contributed by atoms with Gasteiger partial charge in [0.15, 0.2) is 11.5 Å². The number of phenols is 3. The van der Waals surface area contributed by atoms with Gasteiger partial charge in [-0.2, -0.15) is 0 Å². The Labute approximate surface area is 158 Å². The molecule has 0 aliphatic carbocycles. The zero-order valence-electron chi connectivity index (χ0n) is 15.4. The largest absolute Gasteiger partial charge is 0.507 e. The van der Waals surface area contributed by atoms with Crippen LogP contribution >= 0.6 is 0 Å². The van der Waals surface area contributed by atoms with Gasteiger partial charge in [-0.3, -0.25) is 0 Å².